The van der Waals surface area contributed by atoms with E-state index in [1.54, 1.807) is 6.33 Å². The molecule has 0 unspecified atom stereocenters. The number of hydrogen-bond donors (Lipinski definition) is 2. The van der Waals surface area contributed by atoms with E-state index in [4.69, 9.17) is 11.6 Å². The number of hydrogen-bond acceptors (Lipinski definition) is 3. The maximum absolute atomic E-state index is 6.00. The number of aromatic amines is 2. The Kier molecular flexibility index (Phi) is 4.15. The second kappa shape index (κ2) is 6.22. The second-order valence-electron chi connectivity index (χ2n) is 5.00. The number of nitrogens with zero attached hydrogens (tertiary/aromatic N) is 4. The minimum atomic E-state index is 0.204. The van der Waals surface area contributed by atoms with Crippen LogP contribution in [0.1, 0.15) is 38.4 Å². The van der Waals surface area contributed by atoms with Gasteiger partial charge in [0.05, 0.1) is 12.5 Å². The van der Waals surface area contributed by atoms with Crippen LogP contribution in [0.3, 0.4) is 0 Å². The van der Waals surface area contributed by atoms with Crippen LogP contribution >= 0.6 is 11.6 Å². The first kappa shape index (κ1) is 14.0. The normalized spacial score (nSPS) is 11.3. The molecule has 0 saturated heterocycles. The first-order valence-corrected chi connectivity index (χ1v) is 7.62. The third-order valence-electron chi connectivity index (χ3n) is 3.50. The van der Waals surface area contributed by atoms with E-state index in [-0.39, 0.29) is 5.28 Å². The maximum atomic E-state index is 6.00. The molecule has 0 aromatic carbocycles. The van der Waals surface area contributed by atoms with Gasteiger partial charge in [0.25, 0.3) is 5.82 Å². The fourth-order valence-corrected chi connectivity index (χ4v) is 2.60. The van der Waals surface area contributed by atoms with Crippen molar-refractivity contribution in [2.24, 2.45) is 0 Å². The highest BCUT2D eigenvalue weighted by Crippen LogP contribution is 2.15. The minimum Gasteiger partial charge on any atom is -0.338 e. The quantitative estimate of drug-likeness (QED) is 0.418. The van der Waals surface area contributed by atoms with Crippen LogP contribution in [0, 0.1) is 0 Å². The molecule has 6 nitrogen and oxygen atoms in total. The van der Waals surface area contributed by atoms with Crippen LogP contribution in [-0.2, 0) is 6.42 Å². The van der Waals surface area contributed by atoms with Gasteiger partial charge in [-0.3, -0.25) is 4.98 Å². The Morgan fingerprint density at radius 3 is 2.95 bits per heavy atom. The first-order valence-electron chi connectivity index (χ1n) is 7.24. The van der Waals surface area contributed by atoms with Crippen LogP contribution in [0.2, 0.25) is 5.28 Å². The fraction of sp³-hybridized carbons (Fsp3) is 0.429. The Balaban J connectivity index is 1.92. The number of rotatable bonds is 6. The van der Waals surface area contributed by atoms with Crippen molar-refractivity contribution in [2.75, 3.05) is 0 Å². The second-order valence-corrected chi connectivity index (χ2v) is 5.34. The highest BCUT2D eigenvalue weighted by Gasteiger charge is 2.20. The molecule has 7 heteroatoms. The van der Waals surface area contributed by atoms with Crippen molar-refractivity contribution in [3.05, 3.63) is 29.8 Å². The average Bonchev–Trinajstić information content (AvgIpc) is 3.11. The monoisotopic (exact) mass is 305 g/mol. The Labute approximate surface area is 127 Å². The predicted molar refractivity (Wildman–Crippen MR) is 80.4 cm³/mol. The summed E-state index contributed by atoms with van der Waals surface area (Å²) in [5, 5.41) is 0.204. The Bertz CT molecular complexity index is 732. The average molecular weight is 306 g/mol. The zero-order chi connectivity index (χ0) is 14.7. The van der Waals surface area contributed by atoms with E-state index in [0.717, 1.165) is 30.0 Å². The maximum Gasteiger partial charge on any atom is 0.301 e. The highest BCUT2D eigenvalue weighted by molar-refractivity contribution is 6.28. The molecule has 3 aromatic heterocycles. The van der Waals surface area contributed by atoms with Crippen molar-refractivity contribution >= 4 is 22.8 Å². The number of aryl methyl sites for hydroxylation is 1. The van der Waals surface area contributed by atoms with Gasteiger partial charge in [-0.25, -0.2) is 9.55 Å². The predicted octanol–water partition coefficient (Wildman–Crippen LogP) is 2.73. The third kappa shape index (κ3) is 2.90. The molecule has 3 rings (SSSR count). The van der Waals surface area contributed by atoms with Crippen LogP contribution in [0.25, 0.3) is 17.0 Å². The molecular formula is C14H18ClN6+. The summed E-state index contributed by atoms with van der Waals surface area (Å²) in [6, 6.07) is 0. The van der Waals surface area contributed by atoms with E-state index in [1.165, 1.54) is 19.3 Å². The van der Waals surface area contributed by atoms with E-state index >= 15 is 0 Å². The number of unbranched alkanes of at least 4 members (excludes halogenated alkanes) is 3. The van der Waals surface area contributed by atoms with Crippen molar-refractivity contribution in [2.45, 2.75) is 39.0 Å². The van der Waals surface area contributed by atoms with Gasteiger partial charge in [0.2, 0.25) is 5.82 Å². The van der Waals surface area contributed by atoms with Crippen LogP contribution in [0.5, 0.6) is 0 Å². The number of imidazole rings is 2. The molecule has 0 aliphatic rings. The molecule has 0 atom stereocenters. The summed E-state index contributed by atoms with van der Waals surface area (Å²) >= 11 is 6.00. The molecule has 0 fully saturated rings. The van der Waals surface area contributed by atoms with E-state index < -0.39 is 0 Å². The van der Waals surface area contributed by atoms with Crippen molar-refractivity contribution in [1.29, 1.82) is 0 Å². The zero-order valence-corrected chi connectivity index (χ0v) is 12.7. The summed E-state index contributed by atoms with van der Waals surface area (Å²) in [5.41, 5.74) is 1.37. The minimum absolute atomic E-state index is 0.204. The van der Waals surface area contributed by atoms with Crippen LogP contribution in [0.4, 0.5) is 0 Å². The topological polar surface area (TPSA) is 74.1 Å². The molecule has 21 heavy (non-hydrogen) atoms. The summed E-state index contributed by atoms with van der Waals surface area (Å²) in [7, 11) is 0. The Hall–Kier alpha value is -1.95. The summed E-state index contributed by atoms with van der Waals surface area (Å²) in [4.78, 5) is 19.0. The number of halogens is 1. The molecule has 0 saturated carbocycles. The van der Waals surface area contributed by atoms with Gasteiger partial charge in [0, 0.05) is 6.42 Å². The molecule has 0 amide bonds. The van der Waals surface area contributed by atoms with Crippen LogP contribution in [0.15, 0.2) is 18.7 Å². The first-order chi connectivity index (χ1) is 10.3. The van der Waals surface area contributed by atoms with Gasteiger partial charge in [0.1, 0.15) is 6.20 Å². The standard InChI is InChI=1S/C14H17ClN6/c1-2-3-4-5-6-10-16-7-8-21(10)13-11-12(18-9-17-11)19-14(15)20-13/h7-9H,2-6H2,1H3,(H,17,18,19,20)/p+1. The molecule has 0 aliphatic carbocycles. The van der Waals surface area contributed by atoms with Gasteiger partial charge < -0.3 is 4.98 Å². The number of aromatic nitrogens is 6. The van der Waals surface area contributed by atoms with E-state index in [0.29, 0.717) is 5.65 Å². The van der Waals surface area contributed by atoms with Gasteiger partial charge in [-0.2, -0.15) is 4.98 Å². The zero-order valence-electron chi connectivity index (χ0n) is 11.9. The van der Waals surface area contributed by atoms with E-state index in [9.17, 15) is 0 Å². The van der Waals surface area contributed by atoms with E-state index in [1.807, 2.05) is 17.0 Å². The largest absolute Gasteiger partial charge is 0.338 e. The van der Waals surface area contributed by atoms with Gasteiger partial charge in [-0.15, -0.1) is 0 Å². The summed E-state index contributed by atoms with van der Waals surface area (Å²) in [5.74, 6) is 1.84. The highest BCUT2D eigenvalue weighted by atomic mass is 35.5. The number of H-pyrrole nitrogens is 2. The van der Waals surface area contributed by atoms with Crippen LogP contribution < -0.4 is 4.57 Å². The lowest BCUT2D eigenvalue weighted by molar-refractivity contribution is -0.605. The van der Waals surface area contributed by atoms with Crippen molar-refractivity contribution in [1.82, 2.24) is 24.9 Å². The van der Waals surface area contributed by atoms with E-state index in [2.05, 4.69) is 31.8 Å². The number of nitrogens with one attached hydrogen (secondary N) is 2. The molecule has 0 aliphatic heterocycles. The summed E-state index contributed by atoms with van der Waals surface area (Å²) in [6.45, 7) is 2.21. The number of fused-ring (bicyclic) bond motifs is 1. The fourth-order valence-electron chi connectivity index (χ4n) is 2.44. The third-order valence-corrected chi connectivity index (χ3v) is 3.67. The molecule has 0 bridgehead atoms. The van der Waals surface area contributed by atoms with Gasteiger partial charge in [-0.05, 0) is 18.0 Å². The van der Waals surface area contributed by atoms with Crippen molar-refractivity contribution < 1.29 is 4.57 Å². The lowest BCUT2D eigenvalue weighted by atomic mass is 10.1. The van der Waals surface area contributed by atoms with Crippen LogP contribution in [-0.4, -0.2) is 24.9 Å². The molecule has 0 radical (unpaired) electrons. The summed E-state index contributed by atoms with van der Waals surface area (Å²) < 4.78 is 2.01. The van der Waals surface area contributed by atoms with Crippen molar-refractivity contribution in [3.8, 4) is 5.82 Å². The Morgan fingerprint density at radius 1 is 1.19 bits per heavy atom. The molecule has 3 heterocycles. The molecule has 2 N–H and O–H groups in total. The van der Waals surface area contributed by atoms with Crippen molar-refractivity contribution in [3.63, 3.8) is 0 Å². The SMILES string of the molecule is CCCCCCc1[nH]cc[n+]1-c1nc(Cl)nc2nc[nH]c12. The Morgan fingerprint density at radius 2 is 2.10 bits per heavy atom. The summed E-state index contributed by atoms with van der Waals surface area (Å²) in [6.07, 6.45) is 11.3. The smallest absolute Gasteiger partial charge is 0.301 e. The van der Waals surface area contributed by atoms with Gasteiger partial charge in [0.15, 0.2) is 11.2 Å². The molecule has 3 aromatic rings. The lowest BCUT2D eigenvalue weighted by Gasteiger charge is -2.01. The van der Waals surface area contributed by atoms with Gasteiger partial charge >= 0.3 is 5.28 Å². The molecule has 0 spiro atoms. The molecule has 110 valence electrons. The molecular weight excluding hydrogens is 288 g/mol. The lowest BCUT2D eigenvalue weighted by Crippen LogP contribution is -2.35. The van der Waals surface area contributed by atoms with Gasteiger partial charge in [-0.1, -0.05) is 31.2 Å².